The molecule has 0 atom stereocenters. The molecule has 0 aliphatic heterocycles. The number of urea groups is 1. The van der Waals surface area contributed by atoms with Crippen molar-refractivity contribution in [2.45, 2.75) is 13.5 Å². The number of anilines is 2. The fourth-order valence-corrected chi connectivity index (χ4v) is 1.90. The van der Waals surface area contributed by atoms with E-state index >= 15 is 0 Å². The summed E-state index contributed by atoms with van der Waals surface area (Å²) in [5, 5.41) is 5.54. The summed E-state index contributed by atoms with van der Waals surface area (Å²) in [6.45, 7) is 2.94. The average molecular weight is 285 g/mol. The first-order chi connectivity index (χ1) is 10.2. The molecule has 0 saturated carbocycles. The van der Waals surface area contributed by atoms with Gasteiger partial charge in [-0.05, 0) is 36.8 Å². The molecule has 0 saturated heterocycles. The molecule has 2 aromatic carbocycles. The van der Waals surface area contributed by atoms with Gasteiger partial charge in [0.15, 0.2) is 0 Å². The summed E-state index contributed by atoms with van der Waals surface area (Å²) in [6, 6.07) is 14.4. The Morgan fingerprint density at radius 3 is 2.43 bits per heavy atom. The number of hydrogen-bond acceptors (Lipinski definition) is 3. The monoisotopic (exact) mass is 285 g/mol. The Bertz CT molecular complexity index is 614. The van der Waals surface area contributed by atoms with E-state index in [1.54, 1.807) is 12.1 Å². The van der Waals surface area contributed by atoms with Crippen LogP contribution in [0, 0.1) is 0 Å². The van der Waals surface area contributed by atoms with Crippen LogP contribution in [-0.4, -0.2) is 12.6 Å². The highest BCUT2D eigenvalue weighted by Gasteiger charge is 2.04. The lowest BCUT2D eigenvalue weighted by molar-refractivity contribution is 0.262. The van der Waals surface area contributed by atoms with E-state index in [0.717, 1.165) is 11.3 Å². The van der Waals surface area contributed by atoms with Crippen molar-refractivity contribution in [1.82, 2.24) is 0 Å². The number of carbonyl (C=O) groups is 1. The molecule has 0 bridgehead atoms. The van der Waals surface area contributed by atoms with Crippen LogP contribution in [0.15, 0.2) is 48.5 Å². The van der Waals surface area contributed by atoms with Crippen LogP contribution in [0.25, 0.3) is 0 Å². The van der Waals surface area contributed by atoms with E-state index in [4.69, 9.17) is 10.5 Å². The highest BCUT2D eigenvalue weighted by Crippen LogP contribution is 2.18. The first-order valence-electron chi connectivity index (χ1n) is 6.81. The van der Waals surface area contributed by atoms with Gasteiger partial charge in [0.25, 0.3) is 0 Å². The van der Waals surface area contributed by atoms with E-state index in [9.17, 15) is 4.79 Å². The molecule has 0 heterocycles. The maximum atomic E-state index is 12.0. The quantitative estimate of drug-likeness (QED) is 0.789. The SMILES string of the molecule is CCOc1cccc(NC(=O)Nc2cccc(CN)c2)c1. The summed E-state index contributed by atoms with van der Waals surface area (Å²) in [5.74, 6) is 0.723. The normalized spacial score (nSPS) is 10.0. The third-order valence-electron chi connectivity index (χ3n) is 2.82. The minimum atomic E-state index is -0.308. The van der Waals surface area contributed by atoms with Gasteiger partial charge in [-0.2, -0.15) is 0 Å². The number of nitrogens with one attached hydrogen (secondary N) is 2. The number of nitrogens with two attached hydrogens (primary N) is 1. The van der Waals surface area contributed by atoms with E-state index in [0.29, 0.717) is 24.5 Å². The van der Waals surface area contributed by atoms with E-state index < -0.39 is 0 Å². The summed E-state index contributed by atoms with van der Waals surface area (Å²) >= 11 is 0. The molecule has 0 spiro atoms. The zero-order valence-electron chi connectivity index (χ0n) is 11.9. The topological polar surface area (TPSA) is 76.4 Å². The van der Waals surface area contributed by atoms with Gasteiger partial charge < -0.3 is 21.1 Å². The van der Waals surface area contributed by atoms with E-state index in [2.05, 4.69) is 10.6 Å². The van der Waals surface area contributed by atoms with Crippen molar-refractivity contribution < 1.29 is 9.53 Å². The van der Waals surface area contributed by atoms with Crippen molar-refractivity contribution in [2.75, 3.05) is 17.2 Å². The Labute approximate surface area is 124 Å². The van der Waals surface area contributed by atoms with Crippen LogP contribution >= 0.6 is 0 Å². The molecule has 5 nitrogen and oxygen atoms in total. The number of ether oxygens (including phenoxy) is 1. The van der Waals surface area contributed by atoms with Gasteiger partial charge in [-0.15, -0.1) is 0 Å². The fraction of sp³-hybridized carbons (Fsp3) is 0.188. The van der Waals surface area contributed by atoms with Crippen molar-refractivity contribution in [3.8, 4) is 5.75 Å². The number of hydrogen-bond donors (Lipinski definition) is 3. The summed E-state index contributed by atoms with van der Waals surface area (Å²) in [4.78, 5) is 12.0. The van der Waals surface area contributed by atoms with Crippen molar-refractivity contribution in [1.29, 1.82) is 0 Å². The van der Waals surface area contributed by atoms with Crippen LogP contribution in [0.2, 0.25) is 0 Å². The predicted molar refractivity (Wildman–Crippen MR) is 84.6 cm³/mol. The molecule has 21 heavy (non-hydrogen) atoms. The Morgan fingerprint density at radius 1 is 1.10 bits per heavy atom. The van der Waals surface area contributed by atoms with E-state index in [1.807, 2.05) is 43.3 Å². The van der Waals surface area contributed by atoms with Crippen LogP contribution in [-0.2, 0) is 6.54 Å². The van der Waals surface area contributed by atoms with Crippen LogP contribution in [0.1, 0.15) is 12.5 Å². The Kier molecular flexibility index (Phi) is 5.17. The molecule has 4 N–H and O–H groups in total. The molecule has 2 aromatic rings. The second-order valence-electron chi connectivity index (χ2n) is 4.44. The van der Waals surface area contributed by atoms with Gasteiger partial charge in [0.05, 0.1) is 6.61 Å². The average Bonchev–Trinajstić information content (AvgIpc) is 2.48. The predicted octanol–water partition coefficient (Wildman–Crippen LogP) is 3.19. The Hall–Kier alpha value is -2.53. The van der Waals surface area contributed by atoms with Crippen LogP contribution in [0.3, 0.4) is 0 Å². The van der Waals surface area contributed by atoms with Crippen LogP contribution in [0.5, 0.6) is 5.75 Å². The van der Waals surface area contributed by atoms with Crippen LogP contribution < -0.4 is 21.1 Å². The lowest BCUT2D eigenvalue weighted by Crippen LogP contribution is -2.19. The Balaban J connectivity index is 1.99. The number of carbonyl (C=O) groups excluding carboxylic acids is 1. The molecule has 0 fully saturated rings. The van der Waals surface area contributed by atoms with Crippen molar-refractivity contribution >= 4 is 17.4 Å². The van der Waals surface area contributed by atoms with Crippen LogP contribution in [0.4, 0.5) is 16.2 Å². The van der Waals surface area contributed by atoms with Gasteiger partial charge >= 0.3 is 6.03 Å². The number of rotatable bonds is 5. The molecule has 0 aliphatic carbocycles. The molecule has 110 valence electrons. The number of benzene rings is 2. The molecular formula is C16H19N3O2. The first-order valence-corrected chi connectivity index (χ1v) is 6.81. The standard InChI is InChI=1S/C16H19N3O2/c1-2-21-15-8-4-7-14(10-15)19-16(20)18-13-6-3-5-12(9-13)11-17/h3-10H,2,11,17H2,1H3,(H2,18,19,20). The highest BCUT2D eigenvalue weighted by molar-refractivity contribution is 5.99. The van der Waals surface area contributed by atoms with Gasteiger partial charge in [0.2, 0.25) is 0 Å². The number of amides is 2. The van der Waals surface area contributed by atoms with Gasteiger partial charge in [0, 0.05) is 24.0 Å². The molecule has 0 radical (unpaired) electrons. The van der Waals surface area contributed by atoms with E-state index in [1.165, 1.54) is 0 Å². The maximum Gasteiger partial charge on any atom is 0.323 e. The maximum absolute atomic E-state index is 12.0. The minimum absolute atomic E-state index is 0.308. The van der Waals surface area contributed by atoms with Gasteiger partial charge in [0.1, 0.15) is 5.75 Å². The zero-order valence-corrected chi connectivity index (χ0v) is 11.9. The summed E-state index contributed by atoms with van der Waals surface area (Å²) in [6.07, 6.45) is 0. The minimum Gasteiger partial charge on any atom is -0.494 e. The van der Waals surface area contributed by atoms with Gasteiger partial charge in [-0.25, -0.2) is 4.79 Å². The third kappa shape index (κ3) is 4.50. The largest absolute Gasteiger partial charge is 0.494 e. The lowest BCUT2D eigenvalue weighted by atomic mass is 10.2. The fourth-order valence-electron chi connectivity index (χ4n) is 1.90. The first kappa shape index (κ1) is 14.9. The second kappa shape index (κ2) is 7.31. The highest BCUT2D eigenvalue weighted by atomic mass is 16.5. The van der Waals surface area contributed by atoms with Crippen molar-refractivity contribution in [3.63, 3.8) is 0 Å². The summed E-state index contributed by atoms with van der Waals surface area (Å²) in [7, 11) is 0. The van der Waals surface area contributed by atoms with Gasteiger partial charge in [-0.3, -0.25) is 0 Å². The molecule has 0 unspecified atom stereocenters. The van der Waals surface area contributed by atoms with Crippen molar-refractivity contribution in [3.05, 3.63) is 54.1 Å². The molecule has 2 amide bonds. The van der Waals surface area contributed by atoms with E-state index in [-0.39, 0.29) is 6.03 Å². The Morgan fingerprint density at radius 2 is 1.76 bits per heavy atom. The summed E-state index contributed by atoms with van der Waals surface area (Å²) < 4.78 is 5.39. The molecular weight excluding hydrogens is 266 g/mol. The zero-order chi connectivity index (χ0) is 15.1. The summed E-state index contributed by atoms with van der Waals surface area (Å²) in [5.41, 5.74) is 7.92. The van der Waals surface area contributed by atoms with Gasteiger partial charge in [-0.1, -0.05) is 18.2 Å². The molecule has 0 aliphatic rings. The lowest BCUT2D eigenvalue weighted by Gasteiger charge is -2.10. The molecule has 2 rings (SSSR count). The van der Waals surface area contributed by atoms with Crippen molar-refractivity contribution in [2.24, 2.45) is 5.73 Å². The smallest absolute Gasteiger partial charge is 0.323 e. The third-order valence-corrected chi connectivity index (χ3v) is 2.82. The second-order valence-corrected chi connectivity index (χ2v) is 4.44. The molecule has 0 aromatic heterocycles. The molecule has 5 heteroatoms.